The highest BCUT2D eigenvalue weighted by molar-refractivity contribution is 5.84. The number of hydrogen-bond donors (Lipinski definition) is 1. The Labute approximate surface area is 143 Å². The van der Waals surface area contributed by atoms with Crippen molar-refractivity contribution in [3.05, 3.63) is 24.5 Å². The zero-order valence-electron chi connectivity index (χ0n) is 13.6. The van der Waals surface area contributed by atoms with E-state index in [0.29, 0.717) is 36.2 Å². The van der Waals surface area contributed by atoms with E-state index in [4.69, 9.17) is 8.94 Å². The average Bonchev–Trinajstić information content (AvgIpc) is 3.35. The van der Waals surface area contributed by atoms with Crippen molar-refractivity contribution in [2.45, 2.75) is 38.1 Å². The topological polar surface area (TPSA) is 110 Å². The van der Waals surface area contributed by atoms with Crippen LogP contribution < -0.4 is 0 Å². The number of likely N-dealkylation sites (tertiary alicyclic amines) is 1. The first-order valence-corrected chi connectivity index (χ1v) is 8.51. The summed E-state index contributed by atoms with van der Waals surface area (Å²) in [5.74, 6) is 0.123. The second kappa shape index (κ2) is 6.34. The van der Waals surface area contributed by atoms with Crippen LogP contribution in [0.25, 0.3) is 11.4 Å². The number of aromatic nitrogens is 2. The predicted octanol–water partition coefficient (Wildman–Crippen LogP) is 1.97. The number of hydrogen-bond acceptors (Lipinski definition) is 6. The van der Waals surface area contributed by atoms with Gasteiger partial charge in [-0.2, -0.15) is 4.98 Å². The molecule has 3 atom stereocenters. The lowest BCUT2D eigenvalue weighted by molar-refractivity contribution is -0.149. The van der Waals surface area contributed by atoms with Crippen molar-refractivity contribution in [3.63, 3.8) is 0 Å². The predicted molar refractivity (Wildman–Crippen MR) is 84.3 cm³/mol. The van der Waals surface area contributed by atoms with Crippen molar-refractivity contribution in [1.82, 2.24) is 15.0 Å². The number of rotatable bonds is 5. The summed E-state index contributed by atoms with van der Waals surface area (Å²) in [6.45, 7) is 0.546. The number of carbonyl (C=O) groups is 2. The number of furan rings is 1. The standard InChI is InChI=1S/C17H19N3O5/c21-14(20-8-10-2-1-3-12(10)15(20)17(22)23)5-4-13-18-16(19-25-13)11-6-7-24-9-11/h6-7,9-10,12,15H,1-5,8H2,(H,22,23). The molecular weight excluding hydrogens is 326 g/mol. The van der Waals surface area contributed by atoms with Crippen LogP contribution in [0.1, 0.15) is 31.6 Å². The third-order valence-electron chi connectivity index (χ3n) is 5.26. The van der Waals surface area contributed by atoms with Gasteiger partial charge < -0.3 is 18.9 Å². The van der Waals surface area contributed by atoms with Crippen LogP contribution in [-0.2, 0) is 16.0 Å². The summed E-state index contributed by atoms with van der Waals surface area (Å²) in [5, 5.41) is 13.4. The third-order valence-corrected chi connectivity index (χ3v) is 5.26. The first kappa shape index (κ1) is 15.9. The van der Waals surface area contributed by atoms with Gasteiger partial charge in [-0.15, -0.1) is 0 Å². The second-order valence-corrected chi connectivity index (χ2v) is 6.71. The number of amides is 1. The molecule has 1 aliphatic heterocycles. The van der Waals surface area contributed by atoms with Crippen molar-refractivity contribution in [2.24, 2.45) is 11.8 Å². The maximum absolute atomic E-state index is 12.6. The molecule has 1 amide bonds. The molecule has 0 radical (unpaired) electrons. The lowest BCUT2D eigenvalue weighted by Crippen LogP contribution is -2.43. The van der Waals surface area contributed by atoms with E-state index in [1.807, 2.05) is 0 Å². The summed E-state index contributed by atoms with van der Waals surface area (Å²) in [6, 6.07) is 1.03. The highest BCUT2D eigenvalue weighted by Crippen LogP contribution is 2.42. The molecule has 4 rings (SSSR count). The van der Waals surface area contributed by atoms with Gasteiger partial charge in [0.15, 0.2) is 0 Å². The molecule has 0 aromatic carbocycles. The number of carbonyl (C=O) groups excluding carboxylic acids is 1. The molecule has 8 nitrogen and oxygen atoms in total. The minimum absolute atomic E-state index is 0.0950. The molecule has 2 fully saturated rings. The Balaban J connectivity index is 1.40. The second-order valence-electron chi connectivity index (χ2n) is 6.71. The van der Waals surface area contributed by atoms with E-state index >= 15 is 0 Å². The Bertz CT molecular complexity index is 769. The van der Waals surface area contributed by atoms with Gasteiger partial charge in [0.2, 0.25) is 17.6 Å². The van der Waals surface area contributed by atoms with Gasteiger partial charge in [0.1, 0.15) is 12.3 Å². The number of carboxylic acids is 1. The fourth-order valence-corrected chi connectivity index (χ4v) is 4.10. The molecule has 2 aromatic rings. The molecule has 2 aromatic heterocycles. The molecule has 0 spiro atoms. The summed E-state index contributed by atoms with van der Waals surface area (Å²) in [7, 11) is 0. The zero-order chi connectivity index (χ0) is 17.4. The quantitative estimate of drug-likeness (QED) is 0.882. The Morgan fingerprint density at radius 3 is 3.00 bits per heavy atom. The van der Waals surface area contributed by atoms with Crippen LogP contribution in [0, 0.1) is 11.8 Å². The lowest BCUT2D eigenvalue weighted by atomic mass is 9.94. The third kappa shape index (κ3) is 2.92. The molecule has 25 heavy (non-hydrogen) atoms. The highest BCUT2D eigenvalue weighted by atomic mass is 16.5. The maximum atomic E-state index is 12.6. The molecule has 8 heteroatoms. The van der Waals surface area contributed by atoms with Crippen molar-refractivity contribution in [2.75, 3.05) is 6.54 Å². The van der Waals surface area contributed by atoms with Crippen LogP contribution in [0.2, 0.25) is 0 Å². The van der Waals surface area contributed by atoms with Gasteiger partial charge in [-0.05, 0) is 30.7 Å². The molecule has 1 saturated carbocycles. The van der Waals surface area contributed by atoms with E-state index < -0.39 is 12.0 Å². The molecular formula is C17H19N3O5. The fourth-order valence-electron chi connectivity index (χ4n) is 4.10. The van der Waals surface area contributed by atoms with Crippen LogP contribution in [0.4, 0.5) is 0 Å². The molecule has 2 aliphatic rings. The van der Waals surface area contributed by atoms with Gasteiger partial charge >= 0.3 is 5.97 Å². The number of fused-ring (bicyclic) bond motifs is 1. The molecule has 0 bridgehead atoms. The van der Waals surface area contributed by atoms with E-state index in [0.717, 1.165) is 19.3 Å². The van der Waals surface area contributed by atoms with Crippen LogP contribution >= 0.6 is 0 Å². The Morgan fingerprint density at radius 1 is 1.36 bits per heavy atom. The average molecular weight is 345 g/mol. The van der Waals surface area contributed by atoms with Gasteiger partial charge in [0.05, 0.1) is 11.8 Å². The minimum Gasteiger partial charge on any atom is -0.480 e. The van der Waals surface area contributed by atoms with Gasteiger partial charge in [0, 0.05) is 19.4 Å². The van der Waals surface area contributed by atoms with Crippen molar-refractivity contribution in [1.29, 1.82) is 0 Å². The van der Waals surface area contributed by atoms with Gasteiger partial charge in [-0.25, -0.2) is 4.79 Å². The first-order chi connectivity index (χ1) is 12.1. The number of aryl methyl sites for hydroxylation is 1. The smallest absolute Gasteiger partial charge is 0.326 e. The van der Waals surface area contributed by atoms with E-state index in [9.17, 15) is 14.7 Å². The highest BCUT2D eigenvalue weighted by Gasteiger charge is 2.49. The molecule has 1 aliphatic carbocycles. The van der Waals surface area contributed by atoms with Gasteiger partial charge in [0.25, 0.3) is 0 Å². The summed E-state index contributed by atoms with van der Waals surface area (Å²) in [6.07, 6.45) is 6.45. The van der Waals surface area contributed by atoms with Crippen molar-refractivity contribution < 1.29 is 23.6 Å². The van der Waals surface area contributed by atoms with Gasteiger partial charge in [-0.1, -0.05) is 11.6 Å². The van der Waals surface area contributed by atoms with E-state index in [-0.39, 0.29) is 18.2 Å². The maximum Gasteiger partial charge on any atom is 0.326 e. The number of nitrogens with zero attached hydrogens (tertiary/aromatic N) is 3. The van der Waals surface area contributed by atoms with Crippen LogP contribution in [0.15, 0.2) is 27.5 Å². The van der Waals surface area contributed by atoms with Crippen molar-refractivity contribution >= 4 is 11.9 Å². The largest absolute Gasteiger partial charge is 0.480 e. The zero-order valence-corrected chi connectivity index (χ0v) is 13.6. The fraction of sp³-hybridized carbons (Fsp3) is 0.529. The number of aliphatic carboxylic acids is 1. The molecule has 3 heterocycles. The molecule has 1 N–H and O–H groups in total. The van der Waals surface area contributed by atoms with E-state index in [1.165, 1.54) is 17.4 Å². The summed E-state index contributed by atoms with van der Waals surface area (Å²) < 4.78 is 10.1. The first-order valence-electron chi connectivity index (χ1n) is 8.51. The van der Waals surface area contributed by atoms with Crippen LogP contribution in [-0.4, -0.2) is 44.6 Å². The number of carboxylic acid groups (broad SMARTS) is 1. The monoisotopic (exact) mass is 345 g/mol. The lowest BCUT2D eigenvalue weighted by Gasteiger charge is -2.24. The van der Waals surface area contributed by atoms with E-state index in [2.05, 4.69) is 10.1 Å². The molecule has 132 valence electrons. The summed E-state index contributed by atoms with van der Waals surface area (Å²) in [5.41, 5.74) is 0.708. The normalized spacial score (nSPS) is 25.3. The SMILES string of the molecule is O=C(O)C1C2CCCC2CN1C(=O)CCc1nc(-c2ccoc2)no1. The molecule has 1 saturated heterocycles. The van der Waals surface area contributed by atoms with Crippen molar-refractivity contribution in [3.8, 4) is 11.4 Å². The van der Waals surface area contributed by atoms with Crippen LogP contribution in [0.3, 0.4) is 0 Å². The summed E-state index contributed by atoms with van der Waals surface area (Å²) >= 11 is 0. The minimum atomic E-state index is -0.900. The summed E-state index contributed by atoms with van der Waals surface area (Å²) in [4.78, 5) is 30.0. The molecule has 3 unspecified atom stereocenters. The Morgan fingerprint density at radius 2 is 2.24 bits per heavy atom. The Kier molecular flexibility index (Phi) is 4.03. The van der Waals surface area contributed by atoms with E-state index in [1.54, 1.807) is 6.07 Å². The van der Waals surface area contributed by atoms with Gasteiger partial charge in [-0.3, -0.25) is 4.79 Å². The van der Waals surface area contributed by atoms with Crippen LogP contribution in [0.5, 0.6) is 0 Å². The Hall–Kier alpha value is -2.64.